The van der Waals surface area contributed by atoms with E-state index in [2.05, 4.69) is 29.4 Å². The molecule has 1 heterocycles. The third-order valence-corrected chi connectivity index (χ3v) is 3.61. The van der Waals surface area contributed by atoms with E-state index in [1.807, 2.05) is 6.92 Å². The number of hydrogen-bond donors (Lipinski definition) is 2. The van der Waals surface area contributed by atoms with Crippen LogP contribution in [0.25, 0.3) is 0 Å². The molecule has 0 saturated carbocycles. The third kappa shape index (κ3) is 4.94. The van der Waals surface area contributed by atoms with Gasteiger partial charge in [-0.1, -0.05) is 13.8 Å². The summed E-state index contributed by atoms with van der Waals surface area (Å²) in [6.07, 6.45) is 4.59. The summed E-state index contributed by atoms with van der Waals surface area (Å²) in [5, 5.41) is 6.55. The van der Waals surface area contributed by atoms with Gasteiger partial charge in [0.1, 0.15) is 0 Å². The Hall–Kier alpha value is -0.610. The smallest absolute Gasteiger partial charge is 0.237 e. The first-order valence-corrected chi connectivity index (χ1v) is 7.44. The molecule has 1 aliphatic heterocycles. The highest BCUT2D eigenvalue weighted by atomic mass is 16.2. The van der Waals surface area contributed by atoms with E-state index in [1.165, 1.54) is 19.3 Å². The van der Waals surface area contributed by atoms with Crippen LogP contribution in [0.4, 0.5) is 0 Å². The Balaban J connectivity index is 2.37. The van der Waals surface area contributed by atoms with Crippen molar-refractivity contribution in [1.29, 1.82) is 0 Å². The van der Waals surface area contributed by atoms with Crippen LogP contribution in [0, 0.1) is 0 Å². The van der Waals surface area contributed by atoms with Crippen molar-refractivity contribution in [2.24, 2.45) is 0 Å². The fourth-order valence-electron chi connectivity index (χ4n) is 2.43. The van der Waals surface area contributed by atoms with Crippen LogP contribution in [0.2, 0.25) is 0 Å². The molecule has 1 saturated heterocycles. The van der Waals surface area contributed by atoms with Crippen molar-refractivity contribution < 1.29 is 4.79 Å². The average molecular weight is 255 g/mol. The lowest BCUT2D eigenvalue weighted by molar-refractivity contribution is -0.126. The van der Waals surface area contributed by atoms with Crippen molar-refractivity contribution in [3.05, 3.63) is 0 Å². The summed E-state index contributed by atoms with van der Waals surface area (Å²) < 4.78 is 0. The first kappa shape index (κ1) is 15.4. The Morgan fingerprint density at radius 3 is 2.72 bits per heavy atom. The number of rotatable bonds is 7. The Morgan fingerprint density at radius 1 is 1.33 bits per heavy atom. The molecule has 0 aliphatic carbocycles. The average Bonchev–Trinajstić information content (AvgIpc) is 2.42. The fourth-order valence-corrected chi connectivity index (χ4v) is 2.43. The highest BCUT2D eigenvalue weighted by Crippen LogP contribution is 2.13. The molecule has 2 atom stereocenters. The third-order valence-electron chi connectivity index (χ3n) is 3.61. The highest BCUT2D eigenvalue weighted by molar-refractivity contribution is 5.81. The molecule has 0 radical (unpaired) electrons. The molecule has 0 aromatic carbocycles. The zero-order valence-corrected chi connectivity index (χ0v) is 12.2. The van der Waals surface area contributed by atoms with Crippen LogP contribution in [0.3, 0.4) is 0 Å². The number of amides is 1. The molecule has 2 N–H and O–H groups in total. The summed E-state index contributed by atoms with van der Waals surface area (Å²) in [5.74, 6) is 0.174. The first-order chi connectivity index (χ1) is 8.69. The minimum atomic E-state index is 0.00257. The van der Waals surface area contributed by atoms with E-state index in [-0.39, 0.29) is 11.9 Å². The van der Waals surface area contributed by atoms with Crippen molar-refractivity contribution in [3.8, 4) is 0 Å². The number of nitrogens with zero attached hydrogens (tertiary/aromatic N) is 1. The van der Waals surface area contributed by atoms with E-state index in [0.717, 1.165) is 32.6 Å². The van der Waals surface area contributed by atoms with Crippen molar-refractivity contribution in [3.63, 3.8) is 0 Å². The normalized spacial score (nSPS) is 22.7. The molecule has 0 aromatic heterocycles. The Kier molecular flexibility index (Phi) is 7.28. The zero-order chi connectivity index (χ0) is 13.4. The lowest BCUT2D eigenvalue weighted by Crippen LogP contribution is -2.53. The first-order valence-electron chi connectivity index (χ1n) is 7.44. The van der Waals surface area contributed by atoms with Crippen LogP contribution >= 0.6 is 0 Å². The summed E-state index contributed by atoms with van der Waals surface area (Å²) in [5.41, 5.74) is 0. The van der Waals surface area contributed by atoms with Gasteiger partial charge in [-0.2, -0.15) is 0 Å². The molecule has 0 aromatic rings. The van der Waals surface area contributed by atoms with Gasteiger partial charge < -0.3 is 10.6 Å². The molecular weight excluding hydrogens is 226 g/mol. The maximum atomic E-state index is 11.9. The molecule has 1 amide bonds. The lowest BCUT2D eigenvalue weighted by atomic mass is 10.0. The van der Waals surface area contributed by atoms with E-state index < -0.39 is 0 Å². The molecule has 2 unspecified atom stereocenters. The Bertz CT molecular complexity index is 245. The van der Waals surface area contributed by atoms with E-state index >= 15 is 0 Å². The molecule has 0 bridgehead atoms. The molecule has 0 spiro atoms. The second kappa shape index (κ2) is 8.48. The number of piperidine rings is 1. The van der Waals surface area contributed by atoms with Crippen molar-refractivity contribution in [2.45, 2.75) is 58.5 Å². The minimum Gasteiger partial charge on any atom is -0.355 e. The predicted molar refractivity (Wildman–Crippen MR) is 75.7 cm³/mol. The second-order valence-corrected chi connectivity index (χ2v) is 5.26. The molecule has 1 aliphatic rings. The number of nitrogens with one attached hydrogen (secondary N) is 2. The number of carbonyl (C=O) groups excluding carboxylic acids is 1. The highest BCUT2D eigenvalue weighted by Gasteiger charge is 2.26. The van der Waals surface area contributed by atoms with E-state index in [4.69, 9.17) is 0 Å². The summed E-state index contributed by atoms with van der Waals surface area (Å²) >= 11 is 0. The van der Waals surface area contributed by atoms with Crippen LogP contribution in [0.15, 0.2) is 0 Å². The largest absolute Gasteiger partial charge is 0.355 e. The molecule has 1 rings (SSSR count). The molecule has 4 heteroatoms. The molecular formula is C14H29N3O. The van der Waals surface area contributed by atoms with Gasteiger partial charge in [0, 0.05) is 19.1 Å². The van der Waals surface area contributed by atoms with Gasteiger partial charge in [0.15, 0.2) is 0 Å². The van der Waals surface area contributed by atoms with Crippen LogP contribution in [-0.4, -0.2) is 49.1 Å². The number of hydrogen-bond acceptors (Lipinski definition) is 3. The maximum Gasteiger partial charge on any atom is 0.237 e. The molecule has 4 nitrogen and oxygen atoms in total. The molecule has 1 fully saturated rings. The quantitative estimate of drug-likeness (QED) is 0.722. The van der Waals surface area contributed by atoms with Gasteiger partial charge in [0.25, 0.3) is 0 Å². The van der Waals surface area contributed by atoms with E-state index in [9.17, 15) is 4.79 Å². The topological polar surface area (TPSA) is 44.4 Å². The maximum absolute atomic E-state index is 11.9. The second-order valence-electron chi connectivity index (χ2n) is 5.26. The fraction of sp³-hybridized carbons (Fsp3) is 0.929. The van der Waals surface area contributed by atoms with Gasteiger partial charge in [0.05, 0.1) is 6.04 Å². The number of likely N-dealkylation sites (tertiary alicyclic amines) is 1. The van der Waals surface area contributed by atoms with Gasteiger partial charge in [-0.3, -0.25) is 9.69 Å². The van der Waals surface area contributed by atoms with Crippen molar-refractivity contribution >= 4 is 5.91 Å². The summed E-state index contributed by atoms with van der Waals surface area (Å²) in [7, 11) is 0. The lowest BCUT2D eigenvalue weighted by Gasteiger charge is -2.36. The zero-order valence-electron chi connectivity index (χ0n) is 12.2. The summed E-state index contributed by atoms with van der Waals surface area (Å²) in [4.78, 5) is 14.3. The van der Waals surface area contributed by atoms with Crippen LogP contribution in [0.1, 0.15) is 46.5 Å². The van der Waals surface area contributed by atoms with Crippen LogP contribution in [0.5, 0.6) is 0 Å². The molecule has 106 valence electrons. The van der Waals surface area contributed by atoms with Gasteiger partial charge in [-0.25, -0.2) is 0 Å². The van der Waals surface area contributed by atoms with Gasteiger partial charge in [0.2, 0.25) is 5.91 Å². The van der Waals surface area contributed by atoms with Gasteiger partial charge in [-0.05, 0) is 45.7 Å². The van der Waals surface area contributed by atoms with Crippen LogP contribution < -0.4 is 10.6 Å². The molecule has 18 heavy (non-hydrogen) atoms. The summed E-state index contributed by atoms with van der Waals surface area (Å²) in [6, 6.07) is 0.558. The van der Waals surface area contributed by atoms with E-state index in [0.29, 0.717) is 6.04 Å². The Labute approximate surface area is 111 Å². The van der Waals surface area contributed by atoms with Crippen molar-refractivity contribution in [1.82, 2.24) is 15.5 Å². The van der Waals surface area contributed by atoms with E-state index in [1.54, 1.807) is 0 Å². The standard InChI is InChI=1S/C14H29N3O/c1-4-8-15-13-7-6-10-17(11-13)12(3)14(18)16-9-5-2/h12-13,15H,4-11H2,1-3H3,(H,16,18). The predicted octanol–water partition coefficient (Wildman–Crippen LogP) is 1.37. The summed E-state index contributed by atoms with van der Waals surface area (Å²) in [6.45, 7) is 10.2. The Morgan fingerprint density at radius 2 is 2.06 bits per heavy atom. The number of carbonyl (C=O) groups is 1. The van der Waals surface area contributed by atoms with Gasteiger partial charge in [-0.15, -0.1) is 0 Å². The van der Waals surface area contributed by atoms with Crippen LogP contribution in [-0.2, 0) is 4.79 Å². The monoisotopic (exact) mass is 255 g/mol. The minimum absolute atomic E-state index is 0.00257. The SMILES string of the molecule is CCCNC(=O)C(C)N1CCCC(NCCC)C1. The van der Waals surface area contributed by atoms with Crippen molar-refractivity contribution in [2.75, 3.05) is 26.2 Å². The van der Waals surface area contributed by atoms with Gasteiger partial charge >= 0.3 is 0 Å².